The average molecular weight is 275 g/mol. The summed E-state index contributed by atoms with van der Waals surface area (Å²) in [6.45, 7) is 6.04. The molecule has 5 heteroatoms. The third-order valence-corrected chi connectivity index (χ3v) is 4.60. The van der Waals surface area contributed by atoms with Crippen molar-refractivity contribution in [2.24, 2.45) is 5.92 Å². The van der Waals surface area contributed by atoms with Gasteiger partial charge in [-0.1, -0.05) is 0 Å². The van der Waals surface area contributed by atoms with Gasteiger partial charge < -0.3 is 21.3 Å². The normalized spacial score (nSPS) is 21.5. The Bertz CT molecular complexity index is 448. The lowest BCUT2D eigenvalue weighted by atomic mass is 9.96. The second-order valence-electron chi connectivity index (χ2n) is 6.08. The largest absolute Gasteiger partial charge is 0.396 e. The Morgan fingerprint density at radius 3 is 2.40 bits per heavy atom. The Labute approximate surface area is 120 Å². The first-order valence-corrected chi connectivity index (χ1v) is 7.71. The fourth-order valence-corrected chi connectivity index (χ4v) is 3.33. The van der Waals surface area contributed by atoms with E-state index in [2.05, 4.69) is 14.8 Å². The maximum absolute atomic E-state index is 5.79. The van der Waals surface area contributed by atoms with Crippen LogP contribution in [0.1, 0.15) is 25.7 Å². The van der Waals surface area contributed by atoms with E-state index < -0.39 is 0 Å². The lowest BCUT2D eigenvalue weighted by molar-refractivity contribution is 0.249. The fraction of sp³-hybridized carbons (Fsp3) is 0.667. The van der Waals surface area contributed by atoms with Gasteiger partial charge in [0.2, 0.25) is 0 Å². The molecule has 0 amide bonds. The number of nitrogens with two attached hydrogens (primary N) is 2. The van der Waals surface area contributed by atoms with Crippen molar-refractivity contribution in [1.82, 2.24) is 9.88 Å². The highest BCUT2D eigenvalue weighted by molar-refractivity contribution is 5.62. The van der Waals surface area contributed by atoms with Gasteiger partial charge in [-0.2, -0.15) is 0 Å². The molecule has 1 aromatic rings. The number of rotatable bonds is 3. The second-order valence-corrected chi connectivity index (χ2v) is 6.08. The van der Waals surface area contributed by atoms with E-state index >= 15 is 0 Å². The Balaban J connectivity index is 1.53. The summed E-state index contributed by atoms with van der Waals surface area (Å²) in [4.78, 5) is 9.35. The lowest BCUT2D eigenvalue weighted by Crippen LogP contribution is -2.38. The van der Waals surface area contributed by atoms with Gasteiger partial charge in [-0.05, 0) is 56.8 Å². The van der Waals surface area contributed by atoms with Crippen LogP contribution < -0.4 is 16.4 Å². The monoisotopic (exact) mass is 275 g/mol. The SMILES string of the molecule is Nc1ccc(N2CCC(CN3CCCC3)CC2)nc1N. The van der Waals surface area contributed by atoms with Gasteiger partial charge in [0.05, 0.1) is 5.69 Å². The minimum absolute atomic E-state index is 0.446. The molecule has 0 radical (unpaired) electrons. The predicted octanol–water partition coefficient (Wildman–Crippen LogP) is 1.56. The van der Waals surface area contributed by atoms with Crippen LogP contribution in [0, 0.1) is 5.92 Å². The molecule has 2 saturated heterocycles. The van der Waals surface area contributed by atoms with Crippen molar-refractivity contribution >= 4 is 17.3 Å². The molecule has 0 spiro atoms. The van der Waals surface area contributed by atoms with Gasteiger partial charge >= 0.3 is 0 Å². The van der Waals surface area contributed by atoms with E-state index in [1.807, 2.05) is 12.1 Å². The topological polar surface area (TPSA) is 71.4 Å². The molecule has 0 unspecified atom stereocenters. The van der Waals surface area contributed by atoms with Gasteiger partial charge in [-0.3, -0.25) is 0 Å². The van der Waals surface area contributed by atoms with Crippen LogP contribution in [0.2, 0.25) is 0 Å². The van der Waals surface area contributed by atoms with Crippen molar-refractivity contribution in [3.05, 3.63) is 12.1 Å². The number of likely N-dealkylation sites (tertiary alicyclic amines) is 1. The standard InChI is InChI=1S/C15H25N5/c16-13-3-4-14(18-15(13)17)20-9-5-12(6-10-20)11-19-7-1-2-8-19/h3-4,12H,1-2,5-11,16H2,(H2,17,18). The minimum Gasteiger partial charge on any atom is -0.396 e. The number of hydrogen-bond donors (Lipinski definition) is 2. The first kappa shape index (κ1) is 13.5. The molecular formula is C15H25N5. The second kappa shape index (κ2) is 5.87. The molecule has 4 N–H and O–H groups in total. The van der Waals surface area contributed by atoms with Crippen LogP contribution >= 0.6 is 0 Å². The van der Waals surface area contributed by atoms with E-state index in [1.54, 1.807) is 0 Å². The van der Waals surface area contributed by atoms with E-state index in [-0.39, 0.29) is 0 Å². The number of aromatic nitrogens is 1. The van der Waals surface area contributed by atoms with Gasteiger partial charge in [0.25, 0.3) is 0 Å². The molecule has 0 saturated carbocycles. The van der Waals surface area contributed by atoms with E-state index in [0.717, 1.165) is 24.8 Å². The molecule has 5 nitrogen and oxygen atoms in total. The van der Waals surface area contributed by atoms with Gasteiger partial charge in [0.1, 0.15) is 11.6 Å². The van der Waals surface area contributed by atoms with E-state index in [1.165, 1.54) is 45.3 Å². The summed E-state index contributed by atoms with van der Waals surface area (Å²) < 4.78 is 0. The van der Waals surface area contributed by atoms with Crippen LogP contribution in [0.15, 0.2) is 12.1 Å². The first-order valence-electron chi connectivity index (χ1n) is 7.71. The van der Waals surface area contributed by atoms with Gasteiger partial charge in [-0.15, -0.1) is 0 Å². The van der Waals surface area contributed by atoms with E-state index in [0.29, 0.717) is 11.5 Å². The summed E-state index contributed by atoms with van der Waals surface area (Å²) in [5.41, 5.74) is 12.1. The van der Waals surface area contributed by atoms with Crippen molar-refractivity contribution in [3.63, 3.8) is 0 Å². The minimum atomic E-state index is 0.446. The Kier molecular flexibility index (Phi) is 3.96. The van der Waals surface area contributed by atoms with Crippen molar-refractivity contribution in [1.29, 1.82) is 0 Å². The number of pyridine rings is 1. The maximum Gasteiger partial charge on any atom is 0.149 e. The Hall–Kier alpha value is -1.49. The Morgan fingerprint density at radius 2 is 1.75 bits per heavy atom. The summed E-state index contributed by atoms with van der Waals surface area (Å²) >= 11 is 0. The molecule has 1 aromatic heterocycles. The fourth-order valence-electron chi connectivity index (χ4n) is 3.33. The molecule has 0 atom stereocenters. The van der Waals surface area contributed by atoms with Gasteiger partial charge in [-0.25, -0.2) is 4.98 Å². The number of nitrogen functional groups attached to an aromatic ring is 2. The van der Waals surface area contributed by atoms with Gasteiger partial charge in [0.15, 0.2) is 0 Å². The van der Waals surface area contributed by atoms with Crippen molar-refractivity contribution < 1.29 is 0 Å². The molecular weight excluding hydrogens is 250 g/mol. The smallest absolute Gasteiger partial charge is 0.149 e. The van der Waals surface area contributed by atoms with Crippen molar-refractivity contribution in [3.8, 4) is 0 Å². The van der Waals surface area contributed by atoms with Crippen LogP contribution in [0.4, 0.5) is 17.3 Å². The molecule has 0 aromatic carbocycles. The first-order chi connectivity index (χ1) is 9.72. The zero-order valence-electron chi connectivity index (χ0n) is 12.1. The number of nitrogens with zero attached hydrogens (tertiary/aromatic N) is 3. The van der Waals surface area contributed by atoms with Crippen molar-refractivity contribution in [2.75, 3.05) is 49.1 Å². The summed E-state index contributed by atoms with van der Waals surface area (Å²) in [5.74, 6) is 2.26. The average Bonchev–Trinajstić information content (AvgIpc) is 2.96. The molecule has 110 valence electrons. The number of piperidine rings is 1. The molecule has 20 heavy (non-hydrogen) atoms. The quantitative estimate of drug-likeness (QED) is 0.876. The van der Waals surface area contributed by atoms with Gasteiger partial charge in [0, 0.05) is 19.6 Å². The summed E-state index contributed by atoms with van der Waals surface area (Å²) in [6.07, 6.45) is 5.27. The van der Waals surface area contributed by atoms with Crippen LogP contribution in [0.25, 0.3) is 0 Å². The number of anilines is 3. The highest BCUT2D eigenvalue weighted by atomic mass is 15.2. The molecule has 0 aliphatic carbocycles. The summed E-state index contributed by atoms with van der Waals surface area (Å²) in [7, 11) is 0. The Morgan fingerprint density at radius 1 is 1.05 bits per heavy atom. The zero-order chi connectivity index (χ0) is 13.9. The van der Waals surface area contributed by atoms with Crippen LogP contribution in [0.3, 0.4) is 0 Å². The summed E-state index contributed by atoms with van der Waals surface area (Å²) in [5, 5.41) is 0. The molecule has 2 aliphatic heterocycles. The number of hydrogen-bond acceptors (Lipinski definition) is 5. The zero-order valence-corrected chi connectivity index (χ0v) is 12.1. The van der Waals surface area contributed by atoms with Crippen LogP contribution in [-0.2, 0) is 0 Å². The molecule has 0 bridgehead atoms. The maximum atomic E-state index is 5.79. The predicted molar refractivity (Wildman–Crippen MR) is 83.7 cm³/mol. The molecule has 3 rings (SSSR count). The third-order valence-electron chi connectivity index (χ3n) is 4.60. The van der Waals surface area contributed by atoms with Crippen LogP contribution in [0.5, 0.6) is 0 Å². The van der Waals surface area contributed by atoms with Crippen LogP contribution in [-0.4, -0.2) is 42.6 Å². The summed E-state index contributed by atoms with van der Waals surface area (Å²) in [6, 6.07) is 3.83. The highest BCUT2D eigenvalue weighted by Gasteiger charge is 2.23. The molecule has 3 heterocycles. The highest BCUT2D eigenvalue weighted by Crippen LogP contribution is 2.25. The third kappa shape index (κ3) is 2.98. The van der Waals surface area contributed by atoms with E-state index in [9.17, 15) is 0 Å². The lowest BCUT2D eigenvalue weighted by Gasteiger charge is -2.34. The molecule has 2 fully saturated rings. The molecule has 2 aliphatic rings. The van der Waals surface area contributed by atoms with E-state index in [4.69, 9.17) is 11.5 Å². The van der Waals surface area contributed by atoms with Crippen molar-refractivity contribution in [2.45, 2.75) is 25.7 Å².